The first-order chi connectivity index (χ1) is 11.9. The smallest absolute Gasteiger partial charge is 0.374 e. The molecule has 0 aliphatic heterocycles. The summed E-state index contributed by atoms with van der Waals surface area (Å²) in [5, 5.41) is 0.249. The van der Waals surface area contributed by atoms with Gasteiger partial charge in [0.1, 0.15) is 18.7 Å². The minimum atomic E-state index is -0.537. The van der Waals surface area contributed by atoms with E-state index in [-0.39, 0.29) is 23.5 Å². The van der Waals surface area contributed by atoms with Gasteiger partial charge in [-0.25, -0.2) is 4.79 Å². The predicted octanol–water partition coefficient (Wildman–Crippen LogP) is 4.29. The Kier molecular flexibility index (Phi) is 6.47. The number of benzene rings is 1. The van der Waals surface area contributed by atoms with E-state index in [1.54, 1.807) is 26.0 Å². The van der Waals surface area contributed by atoms with Crippen molar-refractivity contribution < 1.29 is 28.2 Å². The fourth-order valence-electron chi connectivity index (χ4n) is 2.04. The molecule has 0 aliphatic rings. The van der Waals surface area contributed by atoms with Crippen LogP contribution in [-0.2, 0) is 11.3 Å². The molecule has 0 radical (unpaired) electrons. The van der Waals surface area contributed by atoms with E-state index in [9.17, 15) is 9.59 Å². The van der Waals surface area contributed by atoms with Gasteiger partial charge in [0.25, 0.3) is 0 Å². The summed E-state index contributed by atoms with van der Waals surface area (Å²) in [6.07, 6.45) is 0.443. The zero-order chi connectivity index (χ0) is 18.4. The monoisotopic (exact) mass is 366 g/mol. The van der Waals surface area contributed by atoms with Crippen molar-refractivity contribution in [3.05, 3.63) is 46.4 Å². The van der Waals surface area contributed by atoms with Gasteiger partial charge in [-0.2, -0.15) is 0 Å². The van der Waals surface area contributed by atoms with Gasteiger partial charge < -0.3 is 18.6 Å². The molecule has 2 aromatic rings. The van der Waals surface area contributed by atoms with E-state index >= 15 is 0 Å². The van der Waals surface area contributed by atoms with Crippen molar-refractivity contribution in [3.8, 4) is 11.5 Å². The fraction of sp³-hybridized carbons (Fsp3) is 0.333. The number of halogens is 1. The molecule has 0 aliphatic carbocycles. The Bertz CT molecular complexity index is 750. The number of hydrogen-bond acceptors (Lipinski definition) is 6. The van der Waals surface area contributed by atoms with Gasteiger partial charge in [0.05, 0.1) is 17.7 Å². The van der Waals surface area contributed by atoms with Crippen molar-refractivity contribution in [2.75, 3.05) is 6.61 Å². The first-order valence-corrected chi connectivity index (χ1v) is 8.16. The van der Waals surface area contributed by atoms with E-state index in [1.165, 1.54) is 12.1 Å². The van der Waals surface area contributed by atoms with Crippen LogP contribution in [0.4, 0.5) is 0 Å². The third-order valence-corrected chi connectivity index (χ3v) is 3.31. The maximum Gasteiger partial charge on any atom is 0.374 e. The Labute approximate surface area is 150 Å². The molecular weight excluding hydrogens is 348 g/mol. The van der Waals surface area contributed by atoms with Crippen LogP contribution in [0.25, 0.3) is 0 Å². The topological polar surface area (TPSA) is 75.0 Å². The molecule has 0 spiro atoms. The summed E-state index contributed by atoms with van der Waals surface area (Å²) in [7, 11) is 0. The minimum absolute atomic E-state index is 0.0369. The van der Waals surface area contributed by atoms with Gasteiger partial charge in [-0.15, -0.1) is 0 Å². The highest BCUT2D eigenvalue weighted by Crippen LogP contribution is 2.37. The third kappa shape index (κ3) is 5.00. The summed E-state index contributed by atoms with van der Waals surface area (Å²) in [4.78, 5) is 22.7. The van der Waals surface area contributed by atoms with Crippen molar-refractivity contribution in [2.24, 2.45) is 0 Å². The van der Waals surface area contributed by atoms with Gasteiger partial charge in [0.15, 0.2) is 11.5 Å². The van der Waals surface area contributed by atoms with Crippen molar-refractivity contribution in [3.63, 3.8) is 0 Å². The number of carbonyl (C=O) groups is 2. The summed E-state index contributed by atoms with van der Waals surface area (Å²) in [6.45, 7) is 5.75. The van der Waals surface area contributed by atoms with E-state index in [4.69, 9.17) is 30.2 Å². The van der Waals surface area contributed by atoms with Crippen LogP contribution in [-0.4, -0.2) is 25.0 Å². The van der Waals surface area contributed by atoms with Gasteiger partial charge in [0.2, 0.25) is 5.76 Å². The molecule has 0 fully saturated rings. The van der Waals surface area contributed by atoms with Crippen molar-refractivity contribution in [1.29, 1.82) is 0 Å². The Balaban J connectivity index is 2.12. The Hall–Kier alpha value is -2.47. The Morgan fingerprint density at radius 2 is 2.04 bits per heavy atom. The summed E-state index contributed by atoms with van der Waals surface area (Å²) in [5.74, 6) is 0.651. The molecule has 25 heavy (non-hydrogen) atoms. The first kappa shape index (κ1) is 18.9. The van der Waals surface area contributed by atoms with Gasteiger partial charge in [-0.1, -0.05) is 11.6 Å². The lowest BCUT2D eigenvalue weighted by Gasteiger charge is -2.13. The number of ether oxygens (including phenoxy) is 3. The van der Waals surface area contributed by atoms with Gasteiger partial charge in [0, 0.05) is 5.56 Å². The molecule has 0 atom stereocenters. The van der Waals surface area contributed by atoms with E-state index < -0.39 is 5.97 Å². The average Bonchev–Trinajstić information content (AvgIpc) is 3.02. The summed E-state index contributed by atoms with van der Waals surface area (Å²) in [6, 6.07) is 6.17. The van der Waals surface area contributed by atoms with Crippen molar-refractivity contribution >= 4 is 23.9 Å². The molecule has 0 saturated heterocycles. The number of aldehydes is 1. The molecule has 0 saturated carbocycles. The van der Waals surface area contributed by atoms with Crippen molar-refractivity contribution in [1.82, 2.24) is 0 Å². The van der Waals surface area contributed by atoms with Gasteiger partial charge in [-0.3, -0.25) is 4.79 Å². The van der Waals surface area contributed by atoms with Gasteiger partial charge in [-0.05, 0) is 45.0 Å². The van der Waals surface area contributed by atoms with Crippen LogP contribution >= 0.6 is 11.6 Å². The van der Waals surface area contributed by atoms with Crippen LogP contribution in [0, 0.1) is 0 Å². The van der Waals surface area contributed by atoms with E-state index in [0.29, 0.717) is 35.7 Å². The van der Waals surface area contributed by atoms with Crippen LogP contribution in [0.2, 0.25) is 5.02 Å². The third-order valence-electron chi connectivity index (χ3n) is 3.03. The zero-order valence-electron chi connectivity index (χ0n) is 14.2. The van der Waals surface area contributed by atoms with Gasteiger partial charge >= 0.3 is 5.97 Å². The summed E-state index contributed by atoms with van der Waals surface area (Å²) in [5.41, 5.74) is 0.387. The molecule has 0 N–H and O–H groups in total. The molecule has 1 aromatic heterocycles. The summed E-state index contributed by atoms with van der Waals surface area (Å²) < 4.78 is 21.6. The zero-order valence-corrected chi connectivity index (χ0v) is 15.0. The van der Waals surface area contributed by atoms with E-state index in [0.717, 1.165) is 0 Å². The number of esters is 1. The Morgan fingerprint density at radius 3 is 2.68 bits per heavy atom. The molecule has 0 unspecified atom stereocenters. The Morgan fingerprint density at radius 1 is 1.28 bits per heavy atom. The second-order valence-electron chi connectivity index (χ2n) is 5.39. The van der Waals surface area contributed by atoms with Crippen LogP contribution < -0.4 is 9.47 Å². The second-order valence-corrected chi connectivity index (χ2v) is 5.80. The largest absolute Gasteiger partial charge is 0.490 e. The summed E-state index contributed by atoms with van der Waals surface area (Å²) >= 11 is 6.16. The van der Waals surface area contributed by atoms with Crippen LogP contribution in [0.15, 0.2) is 28.7 Å². The molecule has 7 heteroatoms. The maximum atomic E-state index is 11.8. The molecule has 0 amide bonds. The number of carbonyl (C=O) groups excluding carboxylic acids is 2. The van der Waals surface area contributed by atoms with E-state index in [2.05, 4.69) is 0 Å². The lowest BCUT2D eigenvalue weighted by Crippen LogP contribution is -2.10. The number of hydrogen-bond donors (Lipinski definition) is 0. The van der Waals surface area contributed by atoms with Crippen LogP contribution in [0.1, 0.15) is 47.4 Å². The highest BCUT2D eigenvalue weighted by molar-refractivity contribution is 6.32. The molecule has 1 heterocycles. The molecule has 134 valence electrons. The SMILES string of the molecule is CCOc1cc(C=O)cc(Cl)c1OCc1ccc(C(=O)OC(C)C)o1. The maximum absolute atomic E-state index is 11.8. The quantitative estimate of drug-likeness (QED) is 0.512. The fourth-order valence-corrected chi connectivity index (χ4v) is 2.31. The minimum Gasteiger partial charge on any atom is -0.490 e. The van der Waals surface area contributed by atoms with Crippen LogP contribution in [0.3, 0.4) is 0 Å². The standard InChI is InChI=1S/C18H19ClO6/c1-4-22-16-8-12(9-20)7-14(19)17(16)23-10-13-5-6-15(25-13)18(21)24-11(2)3/h5-9,11H,4,10H2,1-3H3. The number of rotatable bonds is 8. The lowest BCUT2D eigenvalue weighted by atomic mass is 10.2. The number of furan rings is 1. The highest BCUT2D eigenvalue weighted by Gasteiger charge is 2.16. The van der Waals surface area contributed by atoms with Crippen LogP contribution in [0.5, 0.6) is 11.5 Å². The highest BCUT2D eigenvalue weighted by atomic mass is 35.5. The molecule has 2 rings (SSSR count). The lowest BCUT2D eigenvalue weighted by molar-refractivity contribution is 0.0337. The van der Waals surface area contributed by atoms with E-state index in [1.807, 2.05) is 6.92 Å². The molecular formula is C18H19ClO6. The average molecular weight is 367 g/mol. The second kappa shape index (κ2) is 8.58. The molecule has 0 bridgehead atoms. The normalized spacial score (nSPS) is 10.6. The predicted molar refractivity (Wildman–Crippen MR) is 91.6 cm³/mol. The first-order valence-electron chi connectivity index (χ1n) is 7.78. The van der Waals surface area contributed by atoms with Crippen molar-refractivity contribution in [2.45, 2.75) is 33.5 Å². The molecule has 6 nitrogen and oxygen atoms in total. The molecule has 1 aromatic carbocycles.